The summed E-state index contributed by atoms with van der Waals surface area (Å²) in [6.45, 7) is 3.70. The Bertz CT molecular complexity index is 406. The molecule has 0 saturated carbocycles. The number of anilines is 2. The highest BCUT2D eigenvalue weighted by Crippen LogP contribution is 2.14. The first-order valence-corrected chi connectivity index (χ1v) is 5.34. The average molecular weight is 221 g/mol. The minimum atomic E-state index is 0.0153. The Morgan fingerprint density at radius 3 is 3.06 bits per heavy atom. The van der Waals surface area contributed by atoms with Crippen LogP contribution in [0.1, 0.15) is 12.7 Å². The molecular weight excluding hydrogens is 206 g/mol. The number of carbonyl (C=O) groups excluding carboxylic acids is 1. The van der Waals surface area contributed by atoms with Crippen molar-refractivity contribution in [1.82, 2.24) is 15.3 Å². The van der Waals surface area contributed by atoms with Gasteiger partial charge in [0.15, 0.2) is 0 Å². The van der Waals surface area contributed by atoms with E-state index in [4.69, 9.17) is 5.73 Å². The van der Waals surface area contributed by atoms with Crippen LogP contribution in [0.5, 0.6) is 0 Å². The Balaban J connectivity index is 2.24. The van der Waals surface area contributed by atoms with Crippen LogP contribution in [0, 0.1) is 0 Å². The quantitative estimate of drug-likeness (QED) is 0.707. The maximum Gasteiger partial charge on any atom is 0.239 e. The smallest absolute Gasteiger partial charge is 0.239 e. The van der Waals surface area contributed by atoms with Crippen LogP contribution in [-0.2, 0) is 11.2 Å². The number of nitrogens with one attached hydrogen (secondary N) is 1. The second-order valence-electron chi connectivity index (χ2n) is 3.69. The van der Waals surface area contributed by atoms with Gasteiger partial charge in [-0.1, -0.05) is 6.92 Å². The number of nitrogens with zero attached hydrogens (tertiary/aromatic N) is 3. The number of aryl methyl sites for hydroxylation is 1. The van der Waals surface area contributed by atoms with Crippen LogP contribution in [0.25, 0.3) is 0 Å². The first kappa shape index (κ1) is 10.7. The van der Waals surface area contributed by atoms with Crippen LogP contribution in [0.15, 0.2) is 6.07 Å². The van der Waals surface area contributed by atoms with Gasteiger partial charge in [-0.3, -0.25) is 4.79 Å². The topological polar surface area (TPSA) is 84.1 Å². The lowest BCUT2D eigenvalue weighted by Crippen LogP contribution is -2.48. The van der Waals surface area contributed by atoms with Crippen LogP contribution >= 0.6 is 0 Å². The van der Waals surface area contributed by atoms with Gasteiger partial charge in [0, 0.05) is 25.6 Å². The number of nitrogen functional groups attached to an aromatic ring is 1. The maximum atomic E-state index is 11.3. The molecule has 0 aromatic carbocycles. The molecule has 0 atom stereocenters. The fourth-order valence-corrected chi connectivity index (χ4v) is 1.66. The molecule has 1 aromatic heterocycles. The largest absolute Gasteiger partial charge is 0.384 e. The molecule has 3 N–H and O–H groups in total. The number of piperazine rings is 1. The van der Waals surface area contributed by atoms with E-state index in [9.17, 15) is 4.79 Å². The summed E-state index contributed by atoms with van der Waals surface area (Å²) in [5.41, 5.74) is 5.70. The molecule has 0 radical (unpaired) electrons. The summed E-state index contributed by atoms with van der Waals surface area (Å²) in [5.74, 6) is 1.91. The fraction of sp³-hybridized carbons (Fsp3) is 0.500. The Morgan fingerprint density at radius 2 is 2.38 bits per heavy atom. The minimum Gasteiger partial charge on any atom is -0.384 e. The standard InChI is InChI=1S/C10H15N5O/c1-2-8-13-7(11)5-9(14-8)15-4-3-12-10(16)6-15/h5H,2-4,6H2,1H3,(H,12,16)(H2,11,13,14). The fourth-order valence-electron chi connectivity index (χ4n) is 1.66. The van der Waals surface area contributed by atoms with Crippen molar-refractivity contribution in [1.29, 1.82) is 0 Å². The molecular formula is C10H15N5O. The van der Waals surface area contributed by atoms with E-state index in [1.54, 1.807) is 6.07 Å². The van der Waals surface area contributed by atoms with Gasteiger partial charge in [-0.05, 0) is 0 Å². The van der Waals surface area contributed by atoms with Gasteiger partial charge >= 0.3 is 0 Å². The van der Waals surface area contributed by atoms with E-state index >= 15 is 0 Å². The van der Waals surface area contributed by atoms with Crippen molar-refractivity contribution in [2.45, 2.75) is 13.3 Å². The molecule has 1 aromatic rings. The zero-order valence-corrected chi connectivity index (χ0v) is 9.23. The van der Waals surface area contributed by atoms with Crippen molar-refractivity contribution in [2.75, 3.05) is 30.3 Å². The van der Waals surface area contributed by atoms with Gasteiger partial charge in [0.05, 0.1) is 6.54 Å². The summed E-state index contributed by atoms with van der Waals surface area (Å²) >= 11 is 0. The third-order valence-electron chi connectivity index (χ3n) is 2.46. The van der Waals surface area contributed by atoms with Gasteiger partial charge in [0.2, 0.25) is 5.91 Å². The number of rotatable bonds is 2. The van der Waals surface area contributed by atoms with Crippen molar-refractivity contribution in [2.24, 2.45) is 0 Å². The lowest BCUT2D eigenvalue weighted by molar-refractivity contribution is -0.120. The highest BCUT2D eigenvalue weighted by atomic mass is 16.2. The number of aromatic nitrogens is 2. The molecule has 0 aliphatic carbocycles. The zero-order chi connectivity index (χ0) is 11.5. The number of amides is 1. The molecule has 2 heterocycles. The summed E-state index contributed by atoms with van der Waals surface area (Å²) in [7, 11) is 0. The maximum absolute atomic E-state index is 11.3. The van der Waals surface area contributed by atoms with Gasteiger partial charge in [-0.2, -0.15) is 0 Å². The molecule has 2 rings (SSSR count). The van der Waals surface area contributed by atoms with Crippen molar-refractivity contribution >= 4 is 17.5 Å². The molecule has 86 valence electrons. The number of nitrogens with two attached hydrogens (primary N) is 1. The summed E-state index contributed by atoms with van der Waals surface area (Å²) < 4.78 is 0. The second-order valence-corrected chi connectivity index (χ2v) is 3.69. The number of hydrogen-bond donors (Lipinski definition) is 2. The summed E-state index contributed by atoms with van der Waals surface area (Å²) in [6, 6.07) is 1.71. The van der Waals surface area contributed by atoms with Crippen LogP contribution in [0.3, 0.4) is 0 Å². The molecule has 0 unspecified atom stereocenters. The Labute approximate surface area is 93.9 Å². The molecule has 1 fully saturated rings. The van der Waals surface area contributed by atoms with Crippen molar-refractivity contribution in [3.63, 3.8) is 0 Å². The van der Waals surface area contributed by atoms with Crippen LogP contribution in [0.4, 0.5) is 11.6 Å². The monoisotopic (exact) mass is 221 g/mol. The first-order valence-electron chi connectivity index (χ1n) is 5.34. The average Bonchev–Trinajstić information content (AvgIpc) is 2.28. The van der Waals surface area contributed by atoms with E-state index in [2.05, 4.69) is 15.3 Å². The van der Waals surface area contributed by atoms with Crippen molar-refractivity contribution < 1.29 is 4.79 Å². The minimum absolute atomic E-state index is 0.0153. The zero-order valence-electron chi connectivity index (χ0n) is 9.23. The van der Waals surface area contributed by atoms with Crippen LogP contribution < -0.4 is 16.0 Å². The van der Waals surface area contributed by atoms with E-state index in [1.165, 1.54) is 0 Å². The van der Waals surface area contributed by atoms with Gasteiger partial charge in [0.25, 0.3) is 0 Å². The highest BCUT2D eigenvalue weighted by Gasteiger charge is 2.18. The van der Waals surface area contributed by atoms with Crippen LogP contribution in [-0.4, -0.2) is 35.5 Å². The molecule has 1 amide bonds. The van der Waals surface area contributed by atoms with Gasteiger partial charge < -0.3 is 16.0 Å². The predicted octanol–water partition coefficient (Wildman–Crippen LogP) is -0.443. The molecule has 0 spiro atoms. The van der Waals surface area contributed by atoms with Gasteiger partial charge in [-0.15, -0.1) is 0 Å². The van der Waals surface area contributed by atoms with E-state index < -0.39 is 0 Å². The predicted molar refractivity (Wildman–Crippen MR) is 61.0 cm³/mol. The number of carbonyl (C=O) groups is 1. The molecule has 6 nitrogen and oxygen atoms in total. The SMILES string of the molecule is CCc1nc(N)cc(N2CCNC(=O)C2)n1. The molecule has 1 aliphatic heterocycles. The Hall–Kier alpha value is -1.85. The normalized spacial score (nSPS) is 16.1. The third kappa shape index (κ3) is 2.21. The van der Waals surface area contributed by atoms with Crippen molar-refractivity contribution in [3.8, 4) is 0 Å². The summed E-state index contributed by atoms with van der Waals surface area (Å²) in [5, 5.41) is 2.77. The molecule has 0 bridgehead atoms. The third-order valence-corrected chi connectivity index (χ3v) is 2.46. The van der Waals surface area contributed by atoms with E-state index in [1.807, 2.05) is 11.8 Å². The molecule has 16 heavy (non-hydrogen) atoms. The Kier molecular flexibility index (Phi) is 2.89. The molecule has 6 heteroatoms. The summed E-state index contributed by atoms with van der Waals surface area (Å²) in [6.07, 6.45) is 0.734. The van der Waals surface area contributed by atoms with E-state index in [-0.39, 0.29) is 5.91 Å². The van der Waals surface area contributed by atoms with Crippen molar-refractivity contribution in [3.05, 3.63) is 11.9 Å². The lowest BCUT2D eigenvalue weighted by atomic mass is 10.3. The second kappa shape index (κ2) is 4.34. The highest BCUT2D eigenvalue weighted by molar-refractivity contribution is 5.82. The number of hydrogen-bond acceptors (Lipinski definition) is 5. The van der Waals surface area contributed by atoms with Crippen LogP contribution in [0.2, 0.25) is 0 Å². The summed E-state index contributed by atoms with van der Waals surface area (Å²) in [4.78, 5) is 21.6. The molecule has 1 saturated heterocycles. The Morgan fingerprint density at radius 1 is 1.56 bits per heavy atom. The van der Waals surface area contributed by atoms with Gasteiger partial charge in [-0.25, -0.2) is 9.97 Å². The lowest BCUT2D eigenvalue weighted by Gasteiger charge is -2.27. The van der Waals surface area contributed by atoms with E-state index in [0.717, 1.165) is 18.8 Å². The first-order chi connectivity index (χ1) is 7.69. The molecule has 1 aliphatic rings. The van der Waals surface area contributed by atoms with Gasteiger partial charge in [0.1, 0.15) is 17.5 Å². The van der Waals surface area contributed by atoms with E-state index in [0.29, 0.717) is 24.7 Å².